The van der Waals surface area contributed by atoms with Gasteiger partial charge in [0.25, 0.3) is 11.8 Å². The van der Waals surface area contributed by atoms with Gasteiger partial charge in [-0.2, -0.15) is 9.36 Å². The first-order valence-corrected chi connectivity index (χ1v) is 15.0. The molecule has 20 heteroatoms. The fourth-order valence-corrected chi connectivity index (χ4v) is 7.27. The summed E-state index contributed by atoms with van der Waals surface area (Å²) in [4.78, 5) is 52.1. The lowest BCUT2D eigenvalue weighted by molar-refractivity contribution is -0.150. The quantitative estimate of drug-likeness (QED) is 0.144. The zero-order chi connectivity index (χ0) is 29.3. The highest BCUT2D eigenvalue weighted by Gasteiger charge is 2.55. The fourth-order valence-electron chi connectivity index (χ4n) is 4.34. The molecule has 0 aliphatic carbocycles. The number of anilines is 1. The maximum absolute atomic E-state index is 13.0. The highest BCUT2D eigenvalue weighted by Crippen LogP contribution is 2.42. The van der Waals surface area contributed by atoms with Crippen LogP contribution >= 0.6 is 59.9 Å². The molecule has 3 atom stereocenters. The molecular formula is C23H30Cl2N10O5S3. The highest BCUT2D eigenvalue weighted by molar-refractivity contribution is 8.03. The normalized spacial score (nSPS) is 22.2. The largest absolute Gasteiger partial charge is 0.477 e. The first-order valence-electron chi connectivity index (χ1n) is 12.3. The molecule has 0 radical (unpaired) electrons. The monoisotopic (exact) mass is 692 g/mol. The molecule has 234 valence electrons. The van der Waals surface area contributed by atoms with Gasteiger partial charge in [0.15, 0.2) is 5.13 Å². The Morgan fingerprint density at radius 3 is 2.72 bits per heavy atom. The van der Waals surface area contributed by atoms with Crippen molar-refractivity contribution in [2.45, 2.75) is 16.7 Å². The zero-order valence-corrected chi connectivity index (χ0v) is 27.2. The SMILES string of the molecule is CO/N=C(\C(=O)N[C@@H]1C(=O)N2C(C(=O)O)=CC(CN3C=CN4NC(SCCN(C)C)=CC=C34)S[C@@H]12)c1nsc(N)n1.Cl.Cl. The summed E-state index contributed by atoms with van der Waals surface area (Å²) in [6, 6.07) is -0.984. The van der Waals surface area contributed by atoms with E-state index >= 15 is 0 Å². The van der Waals surface area contributed by atoms with Crippen LogP contribution < -0.4 is 16.5 Å². The number of β-lactam (4-membered cyclic amide) rings is 1. The molecule has 4 aliphatic rings. The lowest BCUT2D eigenvalue weighted by Crippen LogP contribution is -2.71. The Labute approximate surface area is 272 Å². The van der Waals surface area contributed by atoms with Gasteiger partial charge < -0.3 is 30.8 Å². The van der Waals surface area contributed by atoms with Crippen LogP contribution in [-0.2, 0) is 19.2 Å². The number of carbonyl (C=O) groups is 3. The van der Waals surface area contributed by atoms with E-state index in [-0.39, 0.29) is 52.4 Å². The summed E-state index contributed by atoms with van der Waals surface area (Å²) in [5.41, 5.74) is 8.63. The molecule has 1 aromatic heterocycles. The number of aromatic nitrogens is 2. The van der Waals surface area contributed by atoms with E-state index in [0.717, 1.165) is 34.7 Å². The number of nitrogen functional groups attached to an aromatic ring is 1. The second kappa shape index (κ2) is 14.5. The molecule has 0 spiro atoms. The Balaban J connectivity index is 0.00000253. The van der Waals surface area contributed by atoms with Crippen molar-refractivity contribution in [2.24, 2.45) is 5.16 Å². The van der Waals surface area contributed by atoms with Crippen molar-refractivity contribution in [3.8, 4) is 0 Å². The minimum Gasteiger partial charge on any atom is -0.477 e. The molecule has 5 N–H and O–H groups in total. The van der Waals surface area contributed by atoms with Crippen LogP contribution in [0.4, 0.5) is 5.13 Å². The molecule has 0 saturated carbocycles. The van der Waals surface area contributed by atoms with Crippen LogP contribution in [-0.4, -0.2) is 114 Å². The number of nitrogens with two attached hydrogens (primary N) is 1. The number of hydrogen-bond acceptors (Lipinski definition) is 15. The first-order chi connectivity index (χ1) is 19.7. The van der Waals surface area contributed by atoms with Crippen LogP contribution in [0, 0.1) is 0 Å². The van der Waals surface area contributed by atoms with Crippen molar-refractivity contribution in [2.75, 3.05) is 45.8 Å². The molecule has 0 aromatic carbocycles. The fraction of sp³-hybridized carbons (Fsp3) is 0.391. The minimum atomic E-state index is -1.22. The zero-order valence-electron chi connectivity index (χ0n) is 23.1. The van der Waals surface area contributed by atoms with E-state index in [2.05, 4.69) is 30.2 Å². The van der Waals surface area contributed by atoms with Gasteiger partial charge >= 0.3 is 5.97 Å². The van der Waals surface area contributed by atoms with Crippen LogP contribution in [0.3, 0.4) is 0 Å². The summed E-state index contributed by atoms with van der Waals surface area (Å²) in [7, 11) is 5.33. The Bertz CT molecular complexity index is 1400. The Kier molecular flexibility index (Phi) is 11.6. The van der Waals surface area contributed by atoms with Crippen molar-refractivity contribution < 1.29 is 24.3 Å². The number of aliphatic carboxylic acids is 1. The van der Waals surface area contributed by atoms with E-state index < -0.39 is 29.2 Å². The van der Waals surface area contributed by atoms with E-state index in [1.165, 1.54) is 23.8 Å². The number of thioether (sulfide) groups is 2. The molecule has 15 nitrogen and oxygen atoms in total. The van der Waals surface area contributed by atoms with Gasteiger partial charge in [-0.05, 0) is 32.3 Å². The molecule has 1 unspecified atom stereocenters. The number of oxime groups is 1. The molecule has 0 bridgehead atoms. The summed E-state index contributed by atoms with van der Waals surface area (Å²) in [6.07, 6.45) is 9.40. The van der Waals surface area contributed by atoms with Gasteiger partial charge in [-0.15, -0.1) is 48.3 Å². The second-order valence-electron chi connectivity index (χ2n) is 9.30. The third-order valence-corrected chi connectivity index (χ3v) is 9.11. The number of allylic oxidation sites excluding steroid dienone is 2. The third kappa shape index (κ3) is 7.32. The van der Waals surface area contributed by atoms with Crippen LogP contribution in [0.25, 0.3) is 0 Å². The number of hydrazine groups is 1. The summed E-state index contributed by atoms with van der Waals surface area (Å²) < 4.78 is 3.98. The van der Waals surface area contributed by atoms with Crippen LogP contribution in [0.2, 0.25) is 0 Å². The molecule has 1 saturated heterocycles. The molecule has 2 amide bonds. The third-order valence-electron chi connectivity index (χ3n) is 6.24. The molecule has 5 rings (SSSR count). The van der Waals surface area contributed by atoms with Crippen molar-refractivity contribution in [3.05, 3.63) is 53.0 Å². The number of carboxylic acids is 1. The van der Waals surface area contributed by atoms with Gasteiger partial charge in [-0.25, -0.2) is 9.80 Å². The van der Waals surface area contributed by atoms with E-state index in [0.29, 0.717) is 6.54 Å². The van der Waals surface area contributed by atoms with E-state index in [1.807, 2.05) is 48.6 Å². The molecule has 5 heterocycles. The summed E-state index contributed by atoms with van der Waals surface area (Å²) in [5, 5.41) is 18.3. The van der Waals surface area contributed by atoms with Crippen LogP contribution in [0.5, 0.6) is 0 Å². The van der Waals surface area contributed by atoms with Gasteiger partial charge in [-0.3, -0.25) is 19.9 Å². The summed E-state index contributed by atoms with van der Waals surface area (Å²) in [6.45, 7) is 1.40. The van der Waals surface area contributed by atoms with Gasteiger partial charge in [0.05, 0.1) is 5.03 Å². The number of hydrogen-bond donors (Lipinski definition) is 4. The predicted molar refractivity (Wildman–Crippen MR) is 170 cm³/mol. The number of rotatable bonds is 11. The van der Waals surface area contributed by atoms with Gasteiger partial charge in [0.2, 0.25) is 11.5 Å². The van der Waals surface area contributed by atoms with Crippen LogP contribution in [0.1, 0.15) is 5.82 Å². The standard InChI is InChI=1S/C23H28N10O5S3.2ClH/c1-30(2)8-9-39-14-4-5-15-31(6-7-32(15)27-14)11-12-10-13(22(36)37)33-20(35)17(21(33)40-12)25-19(34)16(28-38-3)18-26-23(24)41-29-18;;/h4-7,10,12,17,21,27H,8-9,11H2,1-3H3,(H,25,34)(H,36,37)(H2,24,26,29);2*1H/b28-16-;;/t12?,17-,21+;;/m1../s1. The number of amides is 2. The number of halogens is 2. The van der Waals surface area contributed by atoms with E-state index in [4.69, 9.17) is 10.6 Å². The van der Waals surface area contributed by atoms with Crippen molar-refractivity contribution in [1.82, 2.24) is 39.8 Å². The minimum absolute atomic E-state index is 0. The number of carboxylic acid groups (broad SMARTS) is 1. The van der Waals surface area contributed by atoms with Gasteiger partial charge in [0, 0.05) is 48.0 Å². The summed E-state index contributed by atoms with van der Waals surface area (Å²) >= 11 is 3.99. The molecule has 1 fully saturated rings. The maximum atomic E-state index is 13.0. The maximum Gasteiger partial charge on any atom is 0.352 e. The number of carbonyl (C=O) groups excluding carboxylic acids is 2. The van der Waals surface area contributed by atoms with Crippen molar-refractivity contribution >= 4 is 88.5 Å². The summed E-state index contributed by atoms with van der Waals surface area (Å²) in [5.74, 6) is -0.708. The van der Waals surface area contributed by atoms with E-state index in [9.17, 15) is 19.5 Å². The van der Waals surface area contributed by atoms with Gasteiger partial charge in [0.1, 0.15) is 30.0 Å². The van der Waals surface area contributed by atoms with E-state index in [1.54, 1.807) is 17.8 Å². The molecule has 1 aromatic rings. The smallest absolute Gasteiger partial charge is 0.352 e. The average molecular weight is 694 g/mol. The van der Waals surface area contributed by atoms with Crippen molar-refractivity contribution in [1.29, 1.82) is 0 Å². The predicted octanol–water partition coefficient (Wildman–Crippen LogP) is 0.636. The second-order valence-corrected chi connectivity index (χ2v) is 12.6. The van der Waals surface area contributed by atoms with Gasteiger partial charge in [-0.1, -0.05) is 5.16 Å². The highest BCUT2D eigenvalue weighted by atomic mass is 35.5. The van der Waals surface area contributed by atoms with Crippen LogP contribution in [0.15, 0.2) is 52.3 Å². The Morgan fingerprint density at radius 1 is 1.30 bits per heavy atom. The number of nitrogens with one attached hydrogen (secondary N) is 2. The first kappa shape index (κ1) is 34.3. The van der Waals surface area contributed by atoms with Crippen molar-refractivity contribution in [3.63, 3.8) is 0 Å². The molecule has 43 heavy (non-hydrogen) atoms. The Hall–Kier alpha value is -3.16. The lowest BCUT2D eigenvalue weighted by atomic mass is 10.0. The molecular weight excluding hydrogens is 663 g/mol. The number of fused-ring (bicyclic) bond motifs is 2. The lowest BCUT2D eigenvalue weighted by Gasteiger charge is -2.50. The topological polar surface area (TPSA) is 182 Å². The molecule has 4 aliphatic heterocycles. The number of nitrogens with zero attached hydrogens (tertiary/aromatic N) is 7. The Morgan fingerprint density at radius 2 is 2.07 bits per heavy atom. The average Bonchev–Trinajstić information content (AvgIpc) is 3.54.